The molecule has 13 heteroatoms. The first kappa shape index (κ1) is 66.7. The van der Waals surface area contributed by atoms with Crippen LogP contribution < -0.4 is 18.9 Å². The summed E-state index contributed by atoms with van der Waals surface area (Å²) in [6.45, 7) is 16.1. The zero-order valence-corrected chi connectivity index (χ0v) is 55.2. The molecule has 0 heterocycles. The normalized spacial score (nSPS) is 22.0. The van der Waals surface area contributed by atoms with E-state index in [1.807, 2.05) is 68.4 Å². The summed E-state index contributed by atoms with van der Waals surface area (Å²) in [6.07, 6.45) is 12.7. The van der Waals surface area contributed by atoms with Crippen molar-refractivity contribution in [2.45, 2.75) is 186 Å². The van der Waals surface area contributed by atoms with Crippen molar-refractivity contribution in [3.63, 3.8) is 0 Å². The number of aromatic hydroxyl groups is 1. The lowest BCUT2D eigenvalue weighted by Crippen LogP contribution is -2.23. The highest BCUT2D eigenvalue weighted by Crippen LogP contribution is 2.54. The number of fused-ring (bicyclic) bond motifs is 3. The van der Waals surface area contributed by atoms with Gasteiger partial charge in [-0.3, -0.25) is 14.4 Å². The van der Waals surface area contributed by atoms with Gasteiger partial charge in [0.15, 0.2) is 0 Å². The largest absolute Gasteiger partial charge is 0.508 e. The summed E-state index contributed by atoms with van der Waals surface area (Å²) < 4.78 is 58.1. The molecule has 12 rings (SSSR count). The second-order valence-corrected chi connectivity index (χ2v) is 28.5. The van der Waals surface area contributed by atoms with E-state index in [4.69, 9.17) is 23.7 Å². The number of hydrogen-bond donors (Lipinski definition) is 3. The number of hydrogen-bond acceptors (Lipinski definition) is 9. The second kappa shape index (κ2) is 27.2. The molecule has 0 spiro atoms. The molecule has 92 heavy (non-hydrogen) atoms. The Labute approximate surface area is 541 Å². The molecule has 3 N–H and O–H groups in total. The van der Waals surface area contributed by atoms with Gasteiger partial charge in [0.05, 0.1) is 40.6 Å². The summed E-state index contributed by atoms with van der Waals surface area (Å²) >= 11 is 0. The number of rotatable bonds is 18. The van der Waals surface area contributed by atoms with E-state index in [9.17, 15) is 29.7 Å². The fourth-order valence-corrected chi connectivity index (χ4v) is 15.7. The lowest BCUT2D eigenvalue weighted by atomic mass is 9.75. The molecule has 486 valence electrons. The Hall–Kier alpha value is -8.19. The van der Waals surface area contributed by atoms with Crippen molar-refractivity contribution in [2.75, 3.05) is 21.3 Å². The molecule has 0 bridgehead atoms. The number of carbonyl (C=O) groups excluding carboxylic acids is 1. The maximum absolute atomic E-state index is 15.1. The molecular weight excluding hydrogens is 1160 g/mol. The molecule has 5 aliphatic rings. The van der Waals surface area contributed by atoms with Gasteiger partial charge in [0.25, 0.3) is 0 Å². The average Bonchev–Trinajstić information content (AvgIpc) is 1.51. The molecule has 7 aromatic rings. The van der Waals surface area contributed by atoms with Crippen LogP contribution in [0.25, 0.3) is 22.3 Å². The molecule has 5 atom stereocenters. The lowest BCUT2D eigenvalue weighted by Gasteiger charge is -2.30. The highest BCUT2D eigenvalue weighted by Gasteiger charge is 2.41. The van der Waals surface area contributed by atoms with E-state index in [2.05, 4.69) is 58.9 Å². The summed E-state index contributed by atoms with van der Waals surface area (Å²) in [7, 11) is 4.60. The van der Waals surface area contributed by atoms with E-state index in [-0.39, 0.29) is 63.3 Å². The van der Waals surface area contributed by atoms with E-state index >= 15 is 8.78 Å². The molecule has 0 aromatic heterocycles. The van der Waals surface area contributed by atoms with Crippen LogP contribution in [0.5, 0.6) is 28.7 Å². The summed E-state index contributed by atoms with van der Waals surface area (Å²) in [4.78, 5) is 34.3. The minimum absolute atomic E-state index is 0.117. The van der Waals surface area contributed by atoms with Crippen LogP contribution in [0.1, 0.15) is 193 Å². The molecule has 0 radical (unpaired) electrons. The van der Waals surface area contributed by atoms with Crippen LogP contribution in [0.15, 0.2) is 127 Å². The topological polar surface area (TPSA) is 158 Å². The maximum atomic E-state index is 15.1. The molecule has 2 saturated carbocycles. The minimum atomic E-state index is -0.776. The Balaban J connectivity index is 0.000000163. The minimum Gasteiger partial charge on any atom is -0.508 e. The predicted octanol–water partition coefficient (Wildman–Crippen LogP) is 18.3. The maximum Gasteiger partial charge on any atom is 0.306 e. The molecule has 7 aromatic carbocycles. The van der Waals surface area contributed by atoms with Gasteiger partial charge in [0, 0.05) is 27.4 Å². The van der Waals surface area contributed by atoms with Crippen LogP contribution in [0.2, 0.25) is 0 Å². The van der Waals surface area contributed by atoms with Gasteiger partial charge in [-0.15, -0.1) is 0 Å². The first-order valence-corrected chi connectivity index (χ1v) is 32.5. The number of ether oxygens (including phenoxy) is 5. The third kappa shape index (κ3) is 14.5. The Morgan fingerprint density at radius 2 is 0.848 bits per heavy atom. The molecule has 5 aliphatic carbocycles. The number of phenolic OH excluding ortho intramolecular Hbond substituents is 1. The summed E-state index contributed by atoms with van der Waals surface area (Å²) in [5.74, 6) is 1.40. The third-order valence-electron chi connectivity index (χ3n) is 21.1. The molecular formula is C79H90F2O11. The lowest BCUT2D eigenvalue weighted by molar-refractivity contribution is -0.142. The van der Waals surface area contributed by atoms with Crippen LogP contribution in [-0.2, 0) is 67.8 Å². The summed E-state index contributed by atoms with van der Waals surface area (Å²) in [5.41, 5.74) is 13.5. The van der Waals surface area contributed by atoms with Crippen LogP contribution >= 0.6 is 0 Å². The van der Waals surface area contributed by atoms with Gasteiger partial charge in [-0.05, 0) is 226 Å². The molecule has 2 fully saturated rings. The number of aryl methyl sites for hydroxylation is 3. The van der Waals surface area contributed by atoms with Crippen molar-refractivity contribution < 1.29 is 62.2 Å². The van der Waals surface area contributed by atoms with E-state index < -0.39 is 11.9 Å². The van der Waals surface area contributed by atoms with Crippen LogP contribution in [0.4, 0.5) is 8.78 Å². The Morgan fingerprint density at radius 1 is 0.457 bits per heavy atom. The first-order valence-electron chi connectivity index (χ1n) is 32.5. The van der Waals surface area contributed by atoms with E-state index in [0.29, 0.717) is 54.1 Å². The van der Waals surface area contributed by atoms with Gasteiger partial charge < -0.3 is 39.0 Å². The fourth-order valence-electron chi connectivity index (χ4n) is 15.7. The van der Waals surface area contributed by atoms with Crippen molar-refractivity contribution in [3.8, 4) is 51.0 Å². The number of halogens is 2. The predicted molar refractivity (Wildman–Crippen MR) is 355 cm³/mol. The zero-order chi connectivity index (χ0) is 65.9. The van der Waals surface area contributed by atoms with E-state index in [1.165, 1.54) is 35.9 Å². The quantitative estimate of drug-likeness (QED) is 0.0702. The molecule has 0 saturated heterocycles. The number of carboxylic acid groups (broad SMARTS) is 2. The number of methoxy groups -OCH3 is 3. The smallest absolute Gasteiger partial charge is 0.306 e. The van der Waals surface area contributed by atoms with Crippen molar-refractivity contribution in [1.29, 1.82) is 0 Å². The Bertz CT molecular complexity index is 3680. The van der Waals surface area contributed by atoms with E-state index in [1.54, 1.807) is 50.6 Å². The number of benzene rings is 7. The van der Waals surface area contributed by atoms with Crippen LogP contribution in [0.3, 0.4) is 0 Å². The van der Waals surface area contributed by atoms with E-state index in [0.717, 1.165) is 139 Å². The highest BCUT2D eigenvalue weighted by atomic mass is 19.1. The molecule has 0 aliphatic heterocycles. The molecule has 0 unspecified atom stereocenters. The van der Waals surface area contributed by atoms with Crippen LogP contribution in [0, 0.1) is 22.5 Å². The second-order valence-electron chi connectivity index (χ2n) is 28.5. The fraction of sp³-hybridized carbons (Fsp3) is 0.430. The monoisotopic (exact) mass is 1250 g/mol. The van der Waals surface area contributed by atoms with Crippen molar-refractivity contribution in [1.82, 2.24) is 0 Å². The SMILES string of the molecule is COC(=O)C[C@@]1(C)CCc2ccc(O)cc21.COc1ccc(F)c(-c2ccc(COc3ccc4c(c3)[C@@](C)(CC(=O)O)CC4)cc2[C@@H]2CCCC2(C)C)c1.COc1ccc(F)c(-c2ccc(COc3ccc4c(c3)[C@@](C)(CC(=O)O)CC4)cc2[C@H]2CCCC2(C)C)c1. The van der Waals surface area contributed by atoms with Gasteiger partial charge in [0.1, 0.15) is 53.6 Å². The van der Waals surface area contributed by atoms with Gasteiger partial charge >= 0.3 is 17.9 Å². The number of phenols is 1. The van der Waals surface area contributed by atoms with Gasteiger partial charge in [-0.2, -0.15) is 0 Å². The molecule has 0 amide bonds. The average molecular weight is 1250 g/mol. The molecule has 11 nitrogen and oxygen atoms in total. The first-order chi connectivity index (χ1) is 43.7. The van der Waals surface area contributed by atoms with Crippen molar-refractivity contribution >= 4 is 17.9 Å². The highest BCUT2D eigenvalue weighted by molar-refractivity contribution is 5.74. The Morgan fingerprint density at radius 3 is 1.23 bits per heavy atom. The number of aliphatic carboxylic acids is 2. The van der Waals surface area contributed by atoms with Crippen molar-refractivity contribution in [3.05, 3.63) is 195 Å². The van der Waals surface area contributed by atoms with Gasteiger partial charge in [-0.1, -0.05) is 116 Å². The number of carboxylic acids is 2. The number of carbonyl (C=O) groups is 3. The van der Waals surface area contributed by atoms with Gasteiger partial charge in [-0.25, -0.2) is 8.78 Å². The zero-order valence-electron chi connectivity index (χ0n) is 55.2. The number of esters is 1. The summed E-state index contributed by atoms with van der Waals surface area (Å²) in [6, 6.07) is 39.8. The standard InChI is InChI=1S/2C33H37FO4.C13H16O3/c2*1-32(2)14-5-6-28(32)26-16-21(7-11-25(26)27-17-23(37-4)10-12-30(27)34)20-38-24-9-8-22-13-15-33(3,19-31(35)36)29(22)18-24;1-13(8-12(15)16-2)6-5-9-3-4-10(14)7-11(9)13/h2*7-12,16-18,28H,5-6,13-15,19-20H2,1-4H3,(H,35,36);3-4,7,14H,5-6,8H2,1-2H3/t28-,33+;28-,33-;13-/m011/s1. The summed E-state index contributed by atoms with van der Waals surface area (Å²) in [5, 5.41) is 28.4. The van der Waals surface area contributed by atoms with Crippen LogP contribution in [-0.4, -0.2) is 54.6 Å². The van der Waals surface area contributed by atoms with Gasteiger partial charge in [0.2, 0.25) is 0 Å². The van der Waals surface area contributed by atoms with Crippen molar-refractivity contribution in [2.24, 2.45) is 10.8 Å². The Kier molecular flexibility index (Phi) is 19.7. The third-order valence-corrected chi connectivity index (χ3v) is 21.1.